The number of rotatable bonds is 2. The van der Waals surface area contributed by atoms with E-state index in [-0.39, 0.29) is 5.92 Å². The zero-order valence-electron chi connectivity index (χ0n) is 8.29. The molecule has 0 radical (unpaired) electrons. The Balaban J connectivity index is 2.69. The predicted molar refractivity (Wildman–Crippen MR) is 50.3 cm³/mol. The van der Waals surface area contributed by atoms with Gasteiger partial charge >= 0.3 is 0 Å². The van der Waals surface area contributed by atoms with Crippen LogP contribution in [0.25, 0.3) is 0 Å². The van der Waals surface area contributed by atoms with Gasteiger partial charge in [0.1, 0.15) is 6.10 Å². The average molecular weight is 186 g/mol. The van der Waals surface area contributed by atoms with Crippen molar-refractivity contribution in [1.82, 2.24) is 0 Å². The Bertz CT molecular complexity index is 200. The van der Waals surface area contributed by atoms with Crippen molar-refractivity contribution in [3.8, 4) is 0 Å². The largest absolute Gasteiger partial charge is 0.389 e. The Kier molecular flexibility index (Phi) is 3.11. The van der Waals surface area contributed by atoms with Crippen LogP contribution in [-0.2, 0) is 4.89 Å². The van der Waals surface area contributed by atoms with Gasteiger partial charge in [-0.05, 0) is 24.3 Å². The van der Waals surface area contributed by atoms with E-state index in [1.807, 2.05) is 13.8 Å². The topological polar surface area (TPSA) is 49.7 Å². The molecule has 0 unspecified atom stereocenters. The molecular formula is C10H18O3. The maximum absolute atomic E-state index is 10.1. The normalized spacial score (nSPS) is 35.5. The van der Waals surface area contributed by atoms with Crippen LogP contribution in [-0.4, -0.2) is 22.1 Å². The highest BCUT2D eigenvalue weighted by Crippen LogP contribution is 2.37. The molecule has 0 aromatic heterocycles. The van der Waals surface area contributed by atoms with Crippen LogP contribution in [0.15, 0.2) is 12.2 Å². The molecule has 0 aliphatic heterocycles. The molecule has 3 nitrogen and oxygen atoms in total. The van der Waals surface area contributed by atoms with Crippen LogP contribution >= 0.6 is 0 Å². The van der Waals surface area contributed by atoms with E-state index in [9.17, 15) is 5.11 Å². The zero-order valence-corrected chi connectivity index (χ0v) is 8.29. The van der Waals surface area contributed by atoms with Crippen molar-refractivity contribution >= 4 is 0 Å². The van der Waals surface area contributed by atoms with E-state index in [0.29, 0.717) is 12.8 Å². The first kappa shape index (κ1) is 10.7. The van der Waals surface area contributed by atoms with Gasteiger partial charge in [-0.15, -0.1) is 0 Å². The fraction of sp³-hybridized carbons (Fsp3) is 0.800. The highest BCUT2D eigenvalue weighted by molar-refractivity contribution is 5.10. The van der Waals surface area contributed by atoms with E-state index < -0.39 is 11.7 Å². The van der Waals surface area contributed by atoms with Gasteiger partial charge in [0, 0.05) is 6.42 Å². The third-order valence-electron chi connectivity index (χ3n) is 3.08. The summed E-state index contributed by atoms with van der Waals surface area (Å²) >= 11 is 0. The summed E-state index contributed by atoms with van der Waals surface area (Å²) in [6.45, 7) is 7.74. The van der Waals surface area contributed by atoms with Crippen LogP contribution < -0.4 is 0 Å². The van der Waals surface area contributed by atoms with Gasteiger partial charge in [0.05, 0.1) is 5.60 Å². The van der Waals surface area contributed by atoms with Crippen molar-refractivity contribution in [2.24, 2.45) is 5.92 Å². The van der Waals surface area contributed by atoms with E-state index in [2.05, 4.69) is 11.5 Å². The average Bonchev–Trinajstić information content (AvgIpc) is 2.09. The minimum Gasteiger partial charge on any atom is -0.389 e. The first-order valence-electron chi connectivity index (χ1n) is 4.70. The molecule has 13 heavy (non-hydrogen) atoms. The molecule has 1 fully saturated rings. The zero-order chi connectivity index (χ0) is 10.1. The Morgan fingerprint density at radius 2 is 2.23 bits per heavy atom. The lowest BCUT2D eigenvalue weighted by molar-refractivity contribution is -0.283. The van der Waals surface area contributed by atoms with Crippen molar-refractivity contribution in [2.75, 3.05) is 0 Å². The maximum Gasteiger partial charge on any atom is 0.116 e. The summed E-state index contributed by atoms with van der Waals surface area (Å²) in [6.07, 6.45) is 1.48. The van der Waals surface area contributed by atoms with Gasteiger partial charge in [0.25, 0.3) is 0 Å². The van der Waals surface area contributed by atoms with E-state index in [0.717, 1.165) is 12.0 Å². The predicted octanol–water partition coefficient (Wildman–Crippen LogP) is 1.97. The lowest BCUT2D eigenvalue weighted by Gasteiger charge is -2.39. The monoisotopic (exact) mass is 186 g/mol. The quantitative estimate of drug-likeness (QED) is 0.394. The summed E-state index contributed by atoms with van der Waals surface area (Å²) in [7, 11) is 0. The fourth-order valence-corrected chi connectivity index (χ4v) is 1.74. The number of aliphatic hydroxyl groups is 1. The molecule has 0 amide bonds. The van der Waals surface area contributed by atoms with Crippen molar-refractivity contribution < 1.29 is 15.3 Å². The van der Waals surface area contributed by atoms with Crippen LogP contribution in [0.4, 0.5) is 0 Å². The van der Waals surface area contributed by atoms with Crippen molar-refractivity contribution in [3.63, 3.8) is 0 Å². The van der Waals surface area contributed by atoms with Gasteiger partial charge in [-0.1, -0.05) is 20.4 Å². The fourth-order valence-electron chi connectivity index (χ4n) is 1.74. The van der Waals surface area contributed by atoms with E-state index in [1.165, 1.54) is 0 Å². The molecule has 2 N–H and O–H groups in total. The summed E-state index contributed by atoms with van der Waals surface area (Å²) in [5.41, 5.74) is 0.155. The third kappa shape index (κ3) is 2.10. The molecule has 2 atom stereocenters. The second-order valence-corrected chi connectivity index (χ2v) is 4.21. The molecule has 0 saturated heterocycles. The van der Waals surface area contributed by atoms with Gasteiger partial charge in [-0.3, -0.25) is 5.26 Å². The molecule has 1 aliphatic carbocycles. The van der Waals surface area contributed by atoms with Gasteiger partial charge in [0.15, 0.2) is 0 Å². The molecular weight excluding hydrogens is 168 g/mol. The van der Waals surface area contributed by atoms with Gasteiger partial charge in [-0.25, -0.2) is 4.89 Å². The van der Waals surface area contributed by atoms with Crippen molar-refractivity contribution in [3.05, 3.63) is 12.2 Å². The van der Waals surface area contributed by atoms with Crippen LogP contribution in [0.1, 0.15) is 33.1 Å². The summed E-state index contributed by atoms with van der Waals surface area (Å²) in [4.78, 5) is 4.29. The summed E-state index contributed by atoms with van der Waals surface area (Å²) in [5, 5.41) is 18.7. The lowest BCUT2D eigenvalue weighted by atomic mass is 9.74. The number of hydrogen-bond acceptors (Lipinski definition) is 3. The molecule has 0 aromatic rings. The molecule has 1 aliphatic rings. The smallest absolute Gasteiger partial charge is 0.116 e. The summed E-state index contributed by atoms with van der Waals surface area (Å²) < 4.78 is 0. The molecule has 3 heteroatoms. The van der Waals surface area contributed by atoms with Gasteiger partial charge in [0.2, 0.25) is 0 Å². The summed E-state index contributed by atoms with van der Waals surface area (Å²) in [6, 6.07) is 0. The van der Waals surface area contributed by atoms with E-state index in [1.54, 1.807) is 0 Å². The third-order valence-corrected chi connectivity index (χ3v) is 3.08. The second-order valence-electron chi connectivity index (χ2n) is 4.21. The minimum atomic E-state index is -0.714. The Hall–Kier alpha value is -0.380. The van der Waals surface area contributed by atoms with Crippen molar-refractivity contribution in [1.29, 1.82) is 0 Å². The van der Waals surface area contributed by atoms with Crippen LogP contribution in [0.5, 0.6) is 0 Å². The highest BCUT2D eigenvalue weighted by Gasteiger charge is 2.39. The van der Waals surface area contributed by atoms with Gasteiger partial charge < -0.3 is 5.11 Å². The van der Waals surface area contributed by atoms with Crippen LogP contribution in [0.3, 0.4) is 0 Å². The Labute approximate surface area is 79.0 Å². The molecule has 0 heterocycles. The molecule has 0 bridgehead atoms. The van der Waals surface area contributed by atoms with Gasteiger partial charge in [-0.2, -0.15) is 0 Å². The SMILES string of the molecule is C=C1CC[C@@](O)(C(C)C)C[C@H]1OO. The first-order chi connectivity index (χ1) is 5.99. The van der Waals surface area contributed by atoms with E-state index in [4.69, 9.17) is 5.26 Å². The molecule has 0 aromatic carbocycles. The molecule has 1 saturated carbocycles. The molecule has 76 valence electrons. The van der Waals surface area contributed by atoms with Crippen molar-refractivity contribution in [2.45, 2.75) is 44.8 Å². The second kappa shape index (κ2) is 3.78. The molecule has 1 rings (SSSR count). The van der Waals surface area contributed by atoms with E-state index >= 15 is 0 Å². The standard InChI is InChI=1S/C10H18O3/c1-7(2)10(11)5-4-8(3)9(6-10)13-12/h7,9,11-12H,3-6H2,1-2H3/t9-,10+/m1/s1. The number of hydrogen-bond donors (Lipinski definition) is 2. The first-order valence-corrected chi connectivity index (χ1v) is 4.70. The minimum absolute atomic E-state index is 0.179. The van der Waals surface area contributed by atoms with Crippen LogP contribution in [0.2, 0.25) is 0 Å². The molecule has 0 spiro atoms. The maximum atomic E-state index is 10.1. The Morgan fingerprint density at radius 1 is 1.62 bits per heavy atom. The highest BCUT2D eigenvalue weighted by atomic mass is 17.1. The van der Waals surface area contributed by atoms with Crippen LogP contribution in [0, 0.1) is 5.92 Å². The summed E-state index contributed by atoms with van der Waals surface area (Å²) in [5.74, 6) is 0.179. The lowest BCUT2D eigenvalue weighted by Crippen LogP contribution is -2.43. The Morgan fingerprint density at radius 3 is 2.69 bits per heavy atom.